The molecule has 1 aromatic carbocycles. The second-order valence-electron chi connectivity index (χ2n) is 4.71. The summed E-state index contributed by atoms with van der Waals surface area (Å²) in [5, 5.41) is 0. The maximum absolute atomic E-state index is 13.4. The summed E-state index contributed by atoms with van der Waals surface area (Å²) in [6.07, 6.45) is 2.00. The Morgan fingerprint density at radius 2 is 2.06 bits per heavy atom. The molecule has 3 heteroatoms. The minimum absolute atomic E-state index is 0.0793. The van der Waals surface area contributed by atoms with E-state index in [9.17, 15) is 4.39 Å². The molecule has 0 saturated heterocycles. The number of nitrogens with zero attached hydrogens (tertiary/aromatic N) is 1. The standard InChI is InChI=1S/C14H23FN2/c1-4-8-17(3)9-7-14(16)12-6-5-11(2)13(15)10-12/h5-6,10,14H,4,7-9,16H2,1-3H3. The van der Waals surface area contributed by atoms with Gasteiger partial charge >= 0.3 is 0 Å². The van der Waals surface area contributed by atoms with Crippen LogP contribution in [-0.2, 0) is 0 Å². The summed E-state index contributed by atoms with van der Waals surface area (Å²) in [6.45, 7) is 5.95. The van der Waals surface area contributed by atoms with E-state index in [-0.39, 0.29) is 11.9 Å². The second-order valence-corrected chi connectivity index (χ2v) is 4.71. The summed E-state index contributed by atoms with van der Waals surface area (Å²) >= 11 is 0. The smallest absolute Gasteiger partial charge is 0.126 e. The molecule has 1 aromatic rings. The first-order valence-corrected chi connectivity index (χ1v) is 6.24. The number of hydrogen-bond acceptors (Lipinski definition) is 2. The van der Waals surface area contributed by atoms with E-state index in [1.54, 1.807) is 19.1 Å². The highest BCUT2D eigenvalue weighted by Gasteiger charge is 2.09. The van der Waals surface area contributed by atoms with E-state index in [0.717, 1.165) is 31.5 Å². The summed E-state index contributed by atoms with van der Waals surface area (Å²) in [7, 11) is 2.09. The molecule has 1 atom stereocenters. The van der Waals surface area contributed by atoms with Gasteiger partial charge in [-0.15, -0.1) is 0 Å². The normalized spacial score (nSPS) is 13.1. The van der Waals surface area contributed by atoms with E-state index in [1.165, 1.54) is 0 Å². The minimum atomic E-state index is -0.167. The molecular formula is C14H23FN2. The molecule has 0 amide bonds. The van der Waals surface area contributed by atoms with Crippen molar-refractivity contribution in [3.63, 3.8) is 0 Å². The van der Waals surface area contributed by atoms with Crippen LogP contribution in [0.1, 0.15) is 36.9 Å². The van der Waals surface area contributed by atoms with Gasteiger partial charge in [-0.25, -0.2) is 4.39 Å². The highest BCUT2D eigenvalue weighted by atomic mass is 19.1. The zero-order valence-electron chi connectivity index (χ0n) is 11.0. The molecule has 0 spiro atoms. The van der Waals surface area contributed by atoms with Crippen molar-refractivity contribution in [3.05, 3.63) is 35.1 Å². The third-order valence-corrected chi connectivity index (χ3v) is 3.05. The van der Waals surface area contributed by atoms with Gasteiger partial charge in [-0.1, -0.05) is 19.1 Å². The van der Waals surface area contributed by atoms with Crippen molar-refractivity contribution in [1.29, 1.82) is 0 Å². The quantitative estimate of drug-likeness (QED) is 0.825. The van der Waals surface area contributed by atoms with Crippen LogP contribution in [0.15, 0.2) is 18.2 Å². The minimum Gasteiger partial charge on any atom is -0.324 e. The van der Waals surface area contributed by atoms with Gasteiger partial charge < -0.3 is 10.6 Å². The van der Waals surface area contributed by atoms with Gasteiger partial charge in [0.05, 0.1) is 0 Å². The molecule has 2 nitrogen and oxygen atoms in total. The van der Waals surface area contributed by atoms with Crippen molar-refractivity contribution in [1.82, 2.24) is 4.90 Å². The van der Waals surface area contributed by atoms with Crippen LogP contribution < -0.4 is 5.73 Å². The lowest BCUT2D eigenvalue weighted by Gasteiger charge is -2.19. The Hall–Kier alpha value is -0.930. The highest BCUT2D eigenvalue weighted by Crippen LogP contribution is 2.17. The lowest BCUT2D eigenvalue weighted by atomic mass is 10.0. The summed E-state index contributed by atoms with van der Waals surface area (Å²) in [5.74, 6) is -0.167. The zero-order chi connectivity index (χ0) is 12.8. The third kappa shape index (κ3) is 4.44. The molecule has 1 unspecified atom stereocenters. The van der Waals surface area contributed by atoms with Crippen LogP contribution in [-0.4, -0.2) is 25.0 Å². The largest absolute Gasteiger partial charge is 0.324 e. The number of nitrogens with two attached hydrogens (primary N) is 1. The first-order valence-electron chi connectivity index (χ1n) is 6.24. The molecule has 0 fully saturated rings. The topological polar surface area (TPSA) is 29.3 Å². The Kier molecular flexibility index (Phi) is 5.59. The van der Waals surface area contributed by atoms with Gasteiger partial charge in [0.15, 0.2) is 0 Å². The van der Waals surface area contributed by atoms with Crippen LogP contribution in [0.2, 0.25) is 0 Å². The van der Waals surface area contributed by atoms with E-state index in [4.69, 9.17) is 5.73 Å². The average molecular weight is 238 g/mol. The first-order chi connectivity index (χ1) is 8.04. The maximum Gasteiger partial charge on any atom is 0.126 e. The van der Waals surface area contributed by atoms with Gasteiger partial charge in [-0.05, 0) is 57.1 Å². The molecule has 0 saturated carbocycles. The van der Waals surface area contributed by atoms with E-state index in [0.29, 0.717) is 5.56 Å². The Bertz CT molecular complexity index is 352. The number of rotatable bonds is 6. The van der Waals surface area contributed by atoms with Crippen molar-refractivity contribution in [2.24, 2.45) is 5.73 Å². The van der Waals surface area contributed by atoms with Gasteiger partial charge in [0.25, 0.3) is 0 Å². The van der Waals surface area contributed by atoms with Crippen LogP contribution >= 0.6 is 0 Å². The molecule has 0 aliphatic rings. The van der Waals surface area contributed by atoms with Gasteiger partial charge in [-0.3, -0.25) is 0 Å². The van der Waals surface area contributed by atoms with Crippen molar-refractivity contribution in [3.8, 4) is 0 Å². The van der Waals surface area contributed by atoms with Crippen LogP contribution in [0, 0.1) is 12.7 Å². The van der Waals surface area contributed by atoms with Crippen LogP contribution in [0.3, 0.4) is 0 Å². The summed E-state index contributed by atoms with van der Waals surface area (Å²) in [5.41, 5.74) is 7.62. The molecule has 0 radical (unpaired) electrons. The average Bonchev–Trinajstić information content (AvgIpc) is 2.30. The molecule has 96 valence electrons. The molecule has 0 aliphatic carbocycles. The van der Waals surface area contributed by atoms with Crippen LogP contribution in [0.25, 0.3) is 0 Å². The third-order valence-electron chi connectivity index (χ3n) is 3.05. The predicted octanol–water partition coefficient (Wildman–Crippen LogP) is 2.87. The van der Waals surface area contributed by atoms with E-state index in [1.807, 2.05) is 6.07 Å². The van der Waals surface area contributed by atoms with Crippen LogP contribution in [0.5, 0.6) is 0 Å². The fraction of sp³-hybridized carbons (Fsp3) is 0.571. The lowest BCUT2D eigenvalue weighted by Crippen LogP contribution is -2.24. The first kappa shape index (κ1) is 14.1. The maximum atomic E-state index is 13.4. The molecule has 17 heavy (non-hydrogen) atoms. The number of aryl methyl sites for hydroxylation is 1. The van der Waals surface area contributed by atoms with Gasteiger partial charge in [0.2, 0.25) is 0 Å². The fourth-order valence-electron chi connectivity index (χ4n) is 1.86. The number of benzene rings is 1. The summed E-state index contributed by atoms with van der Waals surface area (Å²) < 4.78 is 13.4. The van der Waals surface area contributed by atoms with Crippen LogP contribution in [0.4, 0.5) is 4.39 Å². The molecule has 1 rings (SSSR count). The SMILES string of the molecule is CCCN(C)CCC(N)c1ccc(C)c(F)c1. The van der Waals surface area contributed by atoms with Crippen molar-refractivity contribution >= 4 is 0 Å². The molecule has 0 aliphatic heterocycles. The van der Waals surface area contributed by atoms with Gasteiger partial charge in [0.1, 0.15) is 5.82 Å². The summed E-state index contributed by atoms with van der Waals surface area (Å²) in [4.78, 5) is 2.25. The monoisotopic (exact) mass is 238 g/mol. The van der Waals surface area contributed by atoms with E-state index in [2.05, 4.69) is 18.9 Å². The van der Waals surface area contributed by atoms with E-state index < -0.39 is 0 Å². The Morgan fingerprint density at radius 3 is 2.65 bits per heavy atom. The molecule has 0 heterocycles. The van der Waals surface area contributed by atoms with Gasteiger partial charge in [0, 0.05) is 6.04 Å². The zero-order valence-corrected chi connectivity index (χ0v) is 11.0. The summed E-state index contributed by atoms with van der Waals surface area (Å²) in [6, 6.07) is 5.19. The molecule has 0 bridgehead atoms. The highest BCUT2D eigenvalue weighted by molar-refractivity contribution is 5.25. The predicted molar refractivity (Wildman–Crippen MR) is 70.5 cm³/mol. The molecule has 2 N–H and O–H groups in total. The van der Waals surface area contributed by atoms with Gasteiger partial charge in [-0.2, -0.15) is 0 Å². The Labute approximate surface area is 104 Å². The second kappa shape index (κ2) is 6.72. The Balaban J connectivity index is 2.52. The van der Waals surface area contributed by atoms with Crippen molar-refractivity contribution < 1.29 is 4.39 Å². The molecular weight excluding hydrogens is 215 g/mol. The molecule has 0 aromatic heterocycles. The Morgan fingerprint density at radius 1 is 1.35 bits per heavy atom. The van der Waals surface area contributed by atoms with E-state index >= 15 is 0 Å². The lowest BCUT2D eigenvalue weighted by molar-refractivity contribution is 0.319. The number of hydrogen-bond donors (Lipinski definition) is 1. The van der Waals surface area contributed by atoms with Crippen molar-refractivity contribution in [2.75, 3.05) is 20.1 Å². The number of halogens is 1. The van der Waals surface area contributed by atoms with Crippen molar-refractivity contribution in [2.45, 2.75) is 32.7 Å². The fourth-order valence-corrected chi connectivity index (χ4v) is 1.86.